The number of hydrogen-bond acceptors (Lipinski definition) is 5. The van der Waals surface area contributed by atoms with Gasteiger partial charge >= 0.3 is 6.03 Å². The monoisotopic (exact) mass is 409 g/mol. The molecule has 0 bridgehead atoms. The number of carbonyl (C=O) groups is 1. The lowest BCUT2D eigenvalue weighted by atomic mass is 9.76. The molecule has 1 aromatic heterocycles. The van der Waals surface area contributed by atoms with Crippen molar-refractivity contribution < 1.29 is 9.32 Å². The van der Waals surface area contributed by atoms with E-state index in [4.69, 9.17) is 9.51 Å². The second-order valence-electron chi connectivity index (χ2n) is 9.39. The van der Waals surface area contributed by atoms with Gasteiger partial charge in [0, 0.05) is 32.1 Å². The number of nitrogens with zero attached hydrogens (tertiary/aromatic N) is 4. The summed E-state index contributed by atoms with van der Waals surface area (Å²) >= 11 is 0. The van der Waals surface area contributed by atoms with Crippen molar-refractivity contribution in [2.75, 3.05) is 26.7 Å². The van der Waals surface area contributed by atoms with Gasteiger partial charge in [-0.25, -0.2) is 4.79 Å². The molecule has 3 aliphatic rings. The summed E-state index contributed by atoms with van der Waals surface area (Å²) in [5.41, 5.74) is 1.37. The van der Waals surface area contributed by atoms with Crippen LogP contribution in [0.4, 0.5) is 4.79 Å². The van der Waals surface area contributed by atoms with Crippen LogP contribution in [0.1, 0.15) is 67.8 Å². The first-order valence-electron chi connectivity index (χ1n) is 11.2. The van der Waals surface area contributed by atoms with Gasteiger partial charge in [0.05, 0.1) is 6.04 Å². The summed E-state index contributed by atoms with van der Waals surface area (Å²) in [4.78, 5) is 21.7. The van der Waals surface area contributed by atoms with Crippen molar-refractivity contribution in [2.24, 2.45) is 5.41 Å². The van der Waals surface area contributed by atoms with E-state index in [2.05, 4.69) is 22.4 Å². The molecular formula is C23H31N5O2. The van der Waals surface area contributed by atoms with E-state index < -0.39 is 0 Å². The van der Waals surface area contributed by atoms with Crippen LogP contribution in [-0.4, -0.2) is 52.7 Å². The highest BCUT2D eigenvalue weighted by Gasteiger charge is 2.46. The van der Waals surface area contributed by atoms with Gasteiger partial charge in [-0.05, 0) is 50.1 Å². The zero-order valence-corrected chi connectivity index (χ0v) is 17.7. The Morgan fingerprint density at radius 3 is 2.70 bits per heavy atom. The minimum atomic E-state index is 0.0416. The zero-order valence-electron chi connectivity index (χ0n) is 17.7. The van der Waals surface area contributed by atoms with Crippen LogP contribution in [0.25, 0.3) is 0 Å². The van der Waals surface area contributed by atoms with Crippen LogP contribution in [0, 0.1) is 5.41 Å². The third-order valence-corrected chi connectivity index (χ3v) is 7.35. The van der Waals surface area contributed by atoms with Crippen LogP contribution >= 0.6 is 0 Å². The van der Waals surface area contributed by atoms with E-state index in [0.717, 1.165) is 56.2 Å². The van der Waals surface area contributed by atoms with Gasteiger partial charge in [-0.3, -0.25) is 4.90 Å². The number of hydrogen-bond donors (Lipinski definition) is 1. The lowest BCUT2D eigenvalue weighted by Gasteiger charge is -2.39. The van der Waals surface area contributed by atoms with Crippen LogP contribution in [-0.2, 0) is 6.54 Å². The van der Waals surface area contributed by atoms with Crippen LogP contribution in [0.5, 0.6) is 0 Å². The molecule has 3 heterocycles. The molecule has 160 valence electrons. The Morgan fingerprint density at radius 2 is 2.00 bits per heavy atom. The van der Waals surface area contributed by atoms with Crippen molar-refractivity contribution in [2.45, 2.75) is 57.0 Å². The fourth-order valence-corrected chi connectivity index (χ4v) is 5.19. The van der Waals surface area contributed by atoms with E-state index in [1.165, 1.54) is 19.3 Å². The molecule has 2 saturated heterocycles. The Hall–Kier alpha value is -2.41. The summed E-state index contributed by atoms with van der Waals surface area (Å²) in [5, 5.41) is 7.38. The van der Waals surface area contributed by atoms with Crippen LogP contribution < -0.4 is 5.32 Å². The Morgan fingerprint density at radius 1 is 1.23 bits per heavy atom. The van der Waals surface area contributed by atoms with Crippen molar-refractivity contribution >= 4 is 6.03 Å². The first kappa shape index (κ1) is 19.5. The average molecular weight is 410 g/mol. The van der Waals surface area contributed by atoms with Crippen LogP contribution in [0.2, 0.25) is 0 Å². The lowest BCUT2D eigenvalue weighted by molar-refractivity contribution is 0.122. The van der Waals surface area contributed by atoms with E-state index in [9.17, 15) is 4.79 Å². The fourth-order valence-electron chi connectivity index (χ4n) is 5.19. The summed E-state index contributed by atoms with van der Waals surface area (Å²) in [5.74, 6) is 2.15. The molecule has 1 spiro atoms. The van der Waals surface area contributed by atoms with Crippen molar-refractivity contribution in [3.05, 3.63) is 47.6 Å². The molecule has 2 aromatic rings. The number of urea groups is 1. The van der Waals surface area contributed by atoms with Crippen LogP contribution in [0.15, 0.2) is 34.9 Å². The summed E-state index contributed by atoms with van der Waals surface area (Å²) in [6, 6.07) is 10.3. The molecule has 1 aliphatic carbocycles. The largest absolute Gasteiger partial charge is 0.339 e. The SMILES string of the molecule is CN1CC2(CCN(C(=O)NCc3ccccc3)CC2)CC1c1noc(C2CCC2)n1. The molecule has 30 heavy (non-hydrogen) atoms. The second-order valence-corrected chi connectivity index (χ2v) is 9.39. The lowest BCUT2D eigenvalue weighted by Crippen LogP contribution is -2.47. The number of aromatic nitrogens is 2. The highest BCUT2D eigenvalue weighted by molar-refractivity contribution is 5.74. The number of carbonyl (C=O) groups excluding carboxylic acids is 1. The third kappa shape index (κ3) is 3.83. The molecule has 2 amide bonds. The van der Waals surface area contributed by atoms with E-state index in [1.807, 2.05) is 35.2 Å². The number of nitrogens with one attached hydrogen (secondary N) is 1. The molecule has 2 aliphatic heterocycles. The van der Waals surface area contributed by atoms with Gasteiger partial charge in [0.1, 0.15) is 0 Å². The number of piperidine rings is 1. The van der Waals surface area contributed by atoms with Crippen molar-refractivity contribution in [1.82, 2.24) is 25.3 Å². The predicted molar refractivity (Wildman–Crippen MR) is 113 cm³/mol. The first-order valence-corrected chi connectivity index (χ1v) is 11.2. The maximum atomic E-state index is 12.6. The minimum Gasteiger partial charge on any atom is -0.339 e. The van der Waals surface area contributed by atoms with Crippen molar-refractivity contribution in [3.8, 4) is 0 Å². The Labute approximate surface area is 177 Å². The van der Waals surface area contributed by atoms with Gasteiger partial charge in [0.15, 0.2) is 5.82 Å². The zero-order chi connectivity index (χ0) is 20.6. The highest BCUT2D eigenvalue weighted by atomic mass is 16.5. The fraction of sp³-hybridized carbons (Fsp3) is 0.609. The van der Waals surface area contributed by atoms with Crippen molar-refractivity contribution in [3.63, 3.8) is 0 Å². The molecule has 1 N–H and O–H groups in total. The molecule has 1 saturated carbocycles. The normalized spacial score (nSPS) is 24.2. The first-order chi connectivity index (χ1) is 14.6. The molecule has 1 aromatic carbocycles. The molecule has 1 atom stereocenters. The Kier molecular flexibility index (Phi) is 5.23. The minimum absolute atomic E-state index is 0.0416. The van der Waals surface area contributed by atoms with E-state index in [1.54, 1.807) is 0 Å². The van der Waals surface area contributed by atoms with Crippen molar-refractivity contribution in [1.29, 1.82) is 0 Å². The maximum absolute atomic E-state index is 12.6. The van der Waals surface area contributed by atoms with Gasteiger partial charge < -0.3 is 14.7 Å². The van der Waals surface area contributed by atoms with E-state index in [0.29, 0.717) is 12.5 Å². The number of likely N-dealkylation sites (tertiary alicyclic amines) is 2. The van der Waals surface area contributed by atoms with Gasteiger partial charge in [-0.2, -0.15) is 4.98 Å². The van der Waals surface area contributed by atoms with E-state index in [-0.39, 0.29) is 17.5 Å². The van der Waals surface area contributed by atoms with Gasteiger partial charge in [-0.15, -0.1) is 0 Å². The molecule has 7 heteroatoms. The molecule has 1 unspecified atom stereocenters. The Balaban J connectivity index is 1.15. The third-order valence-electron chi connectivity index (χ3n) is 7.35. The Bertz CT molecular complexity index is 871. The van der Waals surface area contributed by atoms with Gasteiger partial charge in [0.2, 0.25) is 5.89 Å². The molecule has 5 rings (SSSR count). The molecular weight excluding hydrogens is 378 g/mol. The quantitative estimate of drug-likeness (QED) is 0.833. The second kappa shape index (κ2) is 8.02. The number of benzene rings is 1. The van der Waals surface area contributed by atoms with Gasteiger partial charge in [-0.1, -0.05) is 41.9 Å². The molecule has 7 nitrogen and oxygen atoms in total. The smallest absolute Gasteiger partial charge is 0.317 e. The average Bonchev–Trinajstić information content (AvgIpc) is 3.31. The number of amides is 2. The van der Waals surface area contributed by atoms with Crippen LogP contribution in [0.3, 0.4) is 0 Å². The topological polar surface area (TPSA) is 74.5 Å². The summed E-state index contributed by atoms with van der Waals surface area (Å²) in [6.07, 6.45) is 6.72. The summed E-state index contributed by atoms with van der Waals surface area (Å²) in [6.45, 7) is 3.22. The molecule has 3 fully saturated rings. The molecule has 0 radical (unpaired) electrons. The maximum Gasteiger partial charge on any atom is 0.317 e. The number of rotatable bonds is 4. The standard InChI is InChI=1S/C23H31N5O2/c1-27-16-23(14-19(27)20-25-21(30-26-20)18-8-5-9-18)10-12-28(13-11-23)22(29)24-15-17-6-3-2-4-7-17/h2-4,6-7,18-19H,5,8-16H2,1H3,(H,24,29). The summed E-state index contributed by atoms with van der Waals surface area (Å²) in [7, 11) is 2.16. The van der Waals surface area contributed by atoms with Gasteiger partial charge in [0.25, 0.3) is 0 Å². The summed E-state index contributed by atoms with van der Waals surface area (Å²) < 4.78 is 5.57. The predicted octanol–water partition coefficient (Wildman–Crippen LogP) is 3.71. The van der Waals surface area contributed by atoms with E-state index >= 15 is 0 Å². The highest BCUT2D eigenvalue weighted by Crippen LogP contribution is 2.48.